The summed E-state index contributed by atoms with van der Waals surface area (Å²) in [7, 11) is 0.559. The summed E-state index contributed by atoms with van der Waals surface area (Å²) in [6.07, 6.45) is -0.908. The fourth-order valence-electron chi connectivity index (χ4n) is 2.16. The van der Waals surface area contributed by atoms with Gasteiger partial charge in [-0.1, -0.05) is 0 Å². The molecule has 1 N–H and O–H groups in total. The van der Waals surface area contributed by atoms with Crippen LogP contribution in [-0.4, -0.2) is 45.9 Å². The van der Waals surface area contributed by atoms with Crippen molar-refractivity contribution in [2.24, 2.45) is 0 Å². The quantitative estimate of drug-likeness (QED) is 0.777. The Hall–Kier alpha value is -2.65. The second-order valence-electron chi connectivity index (χ2n) is 5.85. The molecule has 7 nitrogen and oxygen atoms in total. The normalized spacial score (nSPS) is 12.5. The van der Waals surface area contributed by atoms with E-state index in [0.717, 1.165) is 4.31 Å². The molecule has 0 aliphatic carbocycles. The largest absolute Gasteiger partial charge is 0.495 e. The van der Waals surface area contributed by atoms with E-state index in [9.17, 15) is 17.6 Å². The number of carbonyl (C=O) groups excluding carboxylic acids is 1. The van der Waals surface area contributed by atoms with Gasteiger partial charge < -0.3 is 14.8 Å². The monoisotopic (exact) mass is 396 g/mol. The lowest BCUT2D eigenvalue weighted by molar-refractivity contribution is -0.122. The molecule has 2 rings (SSSR count). The number of carbonyl (C=O) groups is 1. The Kier molecular flexibility index (Phi) is 6.40. The van der Waals surface area contributed by atoms with Crippen LogP contribution >= 0.6 is 0 Å². The second kappa shape index (κ2) is 8.36. The minimum atomic E-state index is -3.67. The number of benzene rings is 2. The molecule has 27 heavy (non-hydrogen) atoms. The Bertz CT molecular complexity index is 914. The Balaban J connectivity index is 2.21. The number of methoxy groups -OCH3 is 1. The molecule has 1 amide bonds. The third-order valence-corrected chi connectivity index (χ3v) is 5.51. The number of hydrogen-bond acceptors (Lipinski definition) is 5. The van der Waals surface area contributed by atoms with Gasteiger partial charge in [-0.2, -0.15) is 0 Å². The number of ether oxygens (including phenoxy) is 2. The molecule has 2 aromatic carbocycles. The van der Waals surface area contributed by atoms with Crippen molar-refractivity contribution in [3.8, 4) is 11.5 Å². The van der Waals surface area contributed by atoms with Gasteiger partial charge >= 0.3 is 0 Å². The lowest BCUT2D eigenvalue weighted by Crippen LogP contribution is -2.30. The van der Waals surface area contributed by atoms with Gasteiger partial charge in [0.1, 0.15) is 17.3 Å². The van der Waals surface area contributed by atoms with Gasteiger partial charge in [0.25, 0.3) is 5.91 Å². The summed E-state index contributed by atoms with van der Waals surface area (Å²) in [4.78, 5) is 12.4. The van der Waals surface area contributed by atoms with Crippen LogP contribution in [0, 0.1) is 5.82 Å². The van der Waals surface area contributed by atoms with Gasteiger partial charge in [0.05, 0.1) is 17.7 Å². The topological polar surface area (TPSA) is 84.9 Å². The third-order valence-electron chi connectivity index (χ3n) is 3.70. The first-order valence-corrected chi connectivity index (χ1v) is 9.43. The maximum Gasteiger partial charge on any atom is 0.265 e. The Morgan fingerprint density at radius 1 is 1.15 bits per heavy atom. The lowest BCUT2D eigenvalue weighted by Gasteiger charge is -2.18. The second-order valence-corrected chi connectivity index (χ2v) is 8.00. The fraction of sp³-hybridized carbons (Fsp3) is 0.278. The van der Waals surface area contributed by atoms with Crippen molar-refractivity contribution in [3.63, 3.8) is 0 Å². The standard InChI is InChI=1S/C18H21FN2O5S/c1-12(26-14-7-5-13(19)6-8-14)18(22)20-16-11-15(9-10-17(16)25-4)27(23,24)21(2)3/h5-12H,1-4H3,(H,20,22). The van der Waals surface area contributed by atoms with Crippen LogP contribution < -0.4 is 14.8 Å². The van der Waals surface area contributed by atoms with Crippen molar-refractivity contribution in [1.82, 2.24) is 4.31 Å². The van der Waals surface area contributed by atoms with Crippen LogP contribution in [0.5, 0.6) is 11.5 Å². The average molecular weight is 396 g/mol. The van der Waals surface area contributed by atoms with E-state index in [1.165, 1.54) is 70.6 Å². The van der Waals surface area contributed by atoms with E-state index in [0.29, 0.717) is 11.5 Å². The van der Waals surface area contributed by atoms with E-state index in [-0.39, 0.29) is 10.6 Å². The van der Waals surface area contributed by atoms with Crippen molar-refractivity contribution in [3.05, 3.63) is 48.3 Å². The van der Waals surface area contributed by atoms with Crippen LogP contribution in [0.2, 0.25) is 0 Å². The lowest BCUT2D eigenvalue weighted by atomic mass is 10.2. The highest BCUT2D eigenvalue weighted by Gasteiger charge is 2.21. The number of nitrogens with one attached hydrogen (secondary N) is 1. The molecule has 0 fully saturated rings. The van der Waals surface area contributed by atoms with Crippen LogP contribution in [0.15, 0.2) is 47.4 Å². The molecule has 0 bridgehead atoms. The fourth-order valence-corrected chi connectivity index (χ4v) is 3.09. The summed E-state index contributed by atoms with van der Waals surface area (Å²) in [6.45, 7) is 1.52. The first kappa shape index (κ1) is 20.7. The highest BCUT2D eigenvalue weighted by molar-refractivity contribution is 7.89. The van der Waals surface area contributed by atoms with E-state index in [1.54, 1.807) is 0 Å². The minimum Gasteiger partial charge on any atom is -0.495 e. The summed E-state index contributed by atoms with van der Waals surface area (Å²) in [5.41, 5.74) is 0.194. The molecule has 0 aliphatic heterocycles. The van der Waals surface area contributed by atoms with Gasteiger partial charge in [-0.05, 0) is 49.4 Å². The maximum absolute atomic E-state index is 12.9. The van der Waals surface area contributed by atoms with E-state index >= 15 is 0 Å². The van der Waals surface area contributed by atoms with Crippen molar-refractivity contribution in [2.45, 2.75) is 17.9 Å². The number of hydrogen-bond donors (Lipinski definition) is 1. The van der Waals surface area contributed by atoms with Crippen LogP contribution in [0.4, 0.5) is 10.1 Å². The predicted octanol–water partition coefficient (Wildman–Crippen LogP) is 2.49. The molecule has 0 aliphatic rings. The highest BCUT2D eigenvalue weighted by Crippen LogP contribution is 2.28. The van der Waals surface area contributed by atoms with E-state index in [4.69, 9.17) is 9.47 Å². The van der Waals surface area contributed by atoms with Gasteiger partial charge in [-0.25, -0.2) is 17.1 Å². The molecular formula is C18H21FN2O5S. The molecule has 2 aromatic rings. The average Bonchev–Trinajstić information content (AvgIpc) is 2.63. The Morgan fingerprint density at radius 2 is 1.78 bits per heavy atom. The van der Waals surface area contributed by atoms with Crippen molar-refractivity contribution in [1.29, 1.82) is 0 Å². The zero-order valence-corrected chi connectivity index (χ0v) is 16.2. The maximum atomic E-state index is 12.9. The van der Waals surface area contributed by atoms with Crippen molar-refractivity contribution < 1.29 is 27.1 Å². The Labute approximate surface area is 157 Å². The van der Waals surface area contributed by atoms with E-state index in [1.807, 2.05) is 0 Å². The molecule has 0 aromatic heterocycles. The predicted molar refractivity (Wildman–Crippen MR) is 99.0 cm³/mol. The Morgan fingerprint density at radius 3 is 2.33 bits per heavy atom. The summed E-state index contributed by atoms with van der Waals surface area (Å²) in [5.74, 6) is -0.301. The summed E-state index contributed by atoms with van der Waals surface area (Å²) < 4.78 is 49.2. The van der Waals surface area contributed by atoms with Crippen LogP contribution in [0.1, 0.15) is 6.92 Å². The van der Waals surface area contributed by atoms with Crippen LogP contribution in [0.25, 0.3) is 0 Å². The third kappa shape index (κ3) is 4.95. The zero-order chi connectivity index (χ0) is 20.2. The number of anilines is 1. The molecule has 0 saturated carbocycles. The van der Waals surface area contributed by atoms with Crippen LogP contribution in [0.3, 0.4) is 0 Å². The summed E-state index contributed by atoms with van der Waals surface area (Å²) >= 11 is 0. The molecule has 0 spiro atoms. The molecular weight excluding hydrogens is 375 g/mol. The van der Waals surface area contributed by atoms with Gasteiger partial charge in [-0.3, -0.25) is 4.79 Å². The summed E-state index contributed by atoms with van der Waals surface area (Å²) in [6, 6.07) is 9.42. The number of sulfonamides is 1. The highest BCUT2D eigenvalue weighted by atomic mass is 32.2. The molecule has 0 radical (unpaired) electrons. The van der Waals surface area contributed by atoms with Gasteiger partial charge in [-0.15, -0.1) is 0 Å². The number of rotatable bonds is 7. The van der Waals surface area contributed by atoms with Gasteiger partial charge in [0.2, 0.25) is 10.0 Å². The SMILES string of the molecule is COc1ccc(S(=O)(=O)N(C)C)cc1NC(=O)C(C)Oc1ccc(F)cc1. The van der Waals surface area contributed by atoms with E-state index in [2.05, 4.69) is 5.32 Å². The molecule has 1 atom stereocenters. The minimum absolute atomic E-state index is 0.00991. The molecule has 146 valence electrons. The van der Waals surface area contributed by atoms with Crippen molar-refractivity contribution >= 4 is 21.6 Å². The molecule has 0 saturated heterocycles. The van der Waals surface area contributed by atoms with Crippen molar-refractivity contribution in [2.75, 3.05) is 26.5 Å². The number of amides is 1. The van der Waals surface area contributed by atoms with Gasteiger partial charge in [0.15, 0.2) is 6.10 Å². The molecule has 0 heterocycles. The molecule has 9 heteroatoms. The van der Waals surface area contributed by atoms with Crippen LogP contribution in [-0.2, 0) is 14.8 Å². The first-order valence-electron chi connectivity index (χ1n) is 7.99. The zero-order valence-electron chi connectivity index (χ0n) is 15.4. The number of halogens is 1. The van der Waals surface area contributed by atoms with Gasteiger partial charge in [0, 0.05) is 14.1 Å². The smallest absolute Gasteiger partial charge is 0.265 e. The number of nitrogens with zero attached hydrogens (tertiary/aromatic N) is 1. The summed E-state index contributed by atoms with van der Waals surface area (Å²) in [5, 5.41) is 2.60. The van der Waals surface area contributed by atoms with E-state index < -0.39 is 27.9 Å². The molecule has 1 unspecified atom stereocenters. The first-order chi connectivity index (χ1) is 12.6.